The number of nitrogens with zero attached hydrogens (tertiary/aromatic N) is 2. The fourth-order valence-electron chi connectivity index (χ4n) is 1.06. The fraction of sp³-hybridized carbons (Fsp3) is 1.00. The van der Waals surface area contributed by atoms with Crippen LogP contribution < -0.4 is 5.43 Å². The Hall–Kier alpha value is -0.0800. The first-order valence-electron chi connectivity index (χ1n) is 3.86. The smallest absolute Gasteiger partial charge is 0.0319 e. The van der Waals surface area contributed by atoms with E-state index in [0.717, 1.165) is 6.54 Å². The number of hydrogen-bond acceptors (Lipinski definition) is 1. The average Bonchev–Trinajstić information content (AvgIpc) is 2.34. The predicted octanol–water partition coefficient (Wildman–Crippen LogP) is 1.01. The zero-order valence-corrected chi connectivity index (χ0v) is 6.14. The second-order valence-corrected chi connectivity index (χ2v) is 2.53. The molecule has 0 aliphatic carbocycles. The summed E-state index contributed by atoms with van der Waals surface area (Å²) in [6.07, 6.45) is 3.85. The van der Waals surface area contributed by atoms with Crippen LogP contribution in [0.3, 0.4) is 0 Å². The van der Waals surface area contributed by atoms with Crippen molar-refractivity contribution < 1.29 is 0 Å². The van der Waals surface area contributed by atoms with E-state index in [1.165, 1.54) is 32.4 Å². The molecule has 1 fully saturated rings. The Morgan fingerprint density at radius 3 is 3.00 bits per heavy atom. The van der Waals surface area contributed by atoms with Crippen molar-refractivity contribution >= 4 is 0 Å². The standard InChI is InChI=1S/C7H15N2/c1-2-3-6-9-7-4-5-8-9/h2-7H2,1H3. The van der Waals surface area contributed by atoms with Crippen molar-refractivity contribution in [2.75, 3.05) is 19.6 Å². The predicted molar refractivity (Wildman–Crippen MR) is 38.1 cm³/mol. The lowest BCUT2D eigenvalue weighted by molar-refractivity contribution is 0.242. The van der Waals surface area contributed by atoms with E-state index in [0.29, 0.717) is 0 Å². The molecule has 9 heavy (non-hydrogen) atoms. The molecule has 1 radical (unpaired) electrons. The van der Waals surface area contributed by atoms with Crippen molar-refractivity contribution in [1.29, 1.82) is 0 Å². The van der Waals surface area contributed by atoms with E-state index in [9.17, 15) is 0 Å². The molecule has 0 spiro atoms. The van der Waals surface area contributed by atoms with Crippen LogP contribution in [-0.4, -0.2) is 24.6 Å². The molecule has 2 nitrogen and oxygen atoms in total. The van der Waals surface area contributed by atoms with Gasteiger partial charge in [-0.1, -0.05) is 13.3 Å². The van der Waals surface area contributed by atoms with Gasteiger partial charge in [-0.25, -0.2) is 5.01 Å². The Balaban J connectivity index is 1.98. The molecule has 1 saturated heterocycles. The summed E-state index contributed by atoms with van der Waals surface area (Å²) < 4.78 is 0. The molecule has 1 aliphatic rings. The molecule has 1 heterocycles. The van der Waals surface area contributed by atoms with Gasteiger partial charge in [-0.3, -0.25) is 0 Å². The number of unbranched alkanes of at least 4 members (excludes halogenated alkanes) is 1. The van der Waals surface area contributed by atoms with Crippen LogP contribution in [0.15, 0.2) is 0 Å². The molecule has 1 aliphatic heterocycles. The maximum atomic E-state index is 4.31. The summed E-state index contributed by atoms with van der Waals surface area (Å²) in [6.45, 7) is 5.65. The molecular weight excluding hydrogens is 112 g/mol. The van der Waals surface area contributed by atoms with Crippen LogP contribution in [0.1, 0.15) is 26.2 Å². The zero-order valence-electron chi connectivity index (χ0n) is 6.14. The monoisotopic (exact) mass is 127 g/mol. The van der Waals surface area contributed by atoms with Crippen molar-refractivity contribution in [2.45, 2.75) is 26.2 Å². The summed E-state index contributed by atoms with van der Waals surface area (Å²) >= 11 is 0. The Bertz CT molecular complexity index is 67.3. The van der Waals surface area contributed by atoms with Crippen LogP contribution in [0.4, 0.5) is 0 Å². The van der Waals surface area contributed by atoms with Crippen LogP contribution >= 0.6 is 0 Å². The van der Waals surface area contributed by atoms with E-state index in [4.69, 9.17) is 0 Å². The van der Waals surface area contributed by atoms with Crippen LogP contribution in [0.2, 0.25) is 0 Å². The number of hydrogen-bond donors (Lipinski definition) is 0. The Morgan fingerprint density at radius 1 is 1.56 bits per heavy atom. The highest BCUT2D eigenvalue weighted by Crippen LogP contribution is 1.99. The molecule has 0 atom stereocenters. The topological polar surface area (TPSA) is 17.3 Å². The third-order valence-corrected chi connectivity index (χ3v) is 1.64. The highest BCUT2D eigenvalue weighted by atomic mass is 15.5. The van der Waals surface area contributed by atoms with E-state index < -0.39 is 0 Å². The Morgan fingerprint density at radius 2 is 2.44 bits per heavy atom. The summed E-state index contributed by atoms with van der Waals surface area (Å²) in [4.78, 5) is 0. The SMILES string of the molecule is CCCCN1CCC[N]1. The third-order valence-electron chi connectivity index (χ3n) is 1.64. The van der Waals surface area contributed by atoms with E-state index in [-0.39, 0.29) is 0 Å². The quantitative estimate of drug-likeness (QED) is 0.553. The van der Waals surface area contributed by atoms with Crippen molar-refractivity contribution in [1.82, 2.24) is 10.4 Å². The van der Waals surface area contributed by atoms with Gasteiger partial charge in [0.1, 0.15) is 0 Å². The number of rotatable bonds is 3. The minimum absolute atomic E-state index is 1.06. The van der Waals surface area contributed by atoms with Gasteiger partial charge in [-0.2, -0.15) is 5.43 Å². The molecule has 0 aromatic heterocycles. The zero-order chi connectivity index (χ0) is 6.53. The molecule has 2 heteroatoms. The van der Waals surface area contributed by atoms with Gasteiger partial charge in [0.2, 0.25) is 0 Å². The van der Waals surface area contributed by atoms with E-state index in [2.05, 4.69) is 17.4 Å². The Kier molecular flexibility index (Phi) is 3.01. The van der Waals surface area contributed by atoms with Gasteiger partial charge in [-0.05, 0) is 12.8 Å². The van der Waals surface area contributed by atoms with Crippen LogP contribution in [0, 0.1) is 0 Å². The maximum Gasteiger partial charge on any atom is 0.0319 e. The van der Waals surface area contributed by atoms with Crippen LogP contribution in [0.25, 0.3) is 0 Å². The summed E-state index contributed by atoms with van der Waals surface area (Å²) in [5.41, 5.74) is 4.31. The largest absolute Gasteiger partial charge is 0.227 e. The lowest BCUT2D eigenvalue weighted by Gasteiger charge is -2.10. The molecule has 0 aromatic rings. The minimum Gasteiger partial charge on any atom is -0.227 e. The molecule has 1 rings (SSSR count). The highest BCUT2D eigenvalue weighted by Gasteiger charge is 2.09. The molecule has 0 N–H and O–H groups in total. The van der Waals surface area contributed by atoms with Crippen LogP contribution in [-0.2, 0) is 0 Å². The second-order valence-electron chi connectivity index (χ2n) is 2.53. The van der Waals surface area contributed by atoms with Crippen LogP contribution in [0.5, 0.6) is 0 Å². The minimum atomic E-state index is 1.06. The first kappa shape index (κ1) is 7.03. The molecular formula is C7H15N2. The van der Waals surface area contributed by atoms with E-state index in [1.54, 1.807) is 0 Å². The molecule has 0 amide bonds. The van der Waals surface area contributed by atoms with Crippen molar-refractivity contribution in [2.24, 2.45) is 0 Å². The normalized spacial score (nSPS) is 21.0. The van der Waals surface area contributed by atoms with Gasteiger partial charge in [0.15, 0.2) is 0 Å². The summed E-state index contributed by atoms with van der Waals surface area (Å²) in [7, 11) is 0. The Labute approximate surface area is 57.2 Å². The molecule has 53 valence electrons. The van der Waals surface area contributed by atoms with Gasteiger partial charge in [0.05, 0.1) is 0 Å². The highest BCUT2D eigenvalue weighted by molar-refractivity contribution is 4.59. The first-order chi connectivity index (χ1) is 4.43. The van der Waals surface area contributed by atoms with Gasteiger partial charge in [-0.15, -0.1) is 0 Å². The molecule has 0 aromatic carbocycles. The van der Waals surface area contributed by atoms with Crippen molar-refractivity contribution in [3.8, 4) is 0 Å². The first-order valence-corrected chi connectivity index (χ1v) is 3.86. The van der Waals surface area contributed by atoms with Gasteiger partial charge < -0.3 is 0 Å². The van der Waals surface area contributed by atoms with Crippen molar-refractivity contribution in [3.05, 3.63) is 0 Å². The van der Waals surface area contributed by atoms with Crippen molar-refractivity contribution in [3.63, 3.8) is 0 Å². The van der Waals surface area contributed by atoms with E-state index in [1.807, 2.05) is 0 Å². The van der Waals surface area contributed by atoms with Gasteiger partial charge in [0, 0.05) is 19.6 Å². The van der Waals surface area contributed by atoms with E-state index >= 15 is 0 Å². The molecule has 0 unspecified atom stereocenters. The summed E-state index contributed by atoms with van der Waals surface area (Å²) in [5.74, 6) is 0. The molecule has 0 saturated carbocycles. The second kappa shape index (κ2) is 3.85. The lowest BCUT2D eigenvalue weighted by atomic mass is 10.3. The molecule has 0 bridgehead atoms. The maximum absolute atomic E-state index is 4.31. The third kappa shape index (κ3) is 2.33. The lowest BCUT2D eigenvalue weighted by Crippen LogP contribution is -2.25. The summed E-state index contributed by atoms with van der Waals surface area (Å²) in [5, 5.41) is 2.20. The van der Waals surface area contributed by atoms with Gasteiger partial charge in [0.25, 0.3) is 0 Å². The summed E-state index contributed by atoms with van der Waals surface area (Å²) in [6, 6.07) is 0. The average molecular weight is 127 g/mol. The van der Waals surface area contributed by atoms with Gasteiger partial charge >= 0.3 is 0 Å². The fourth-order valence-corrected chi connectivity index (χ4v) is 1.06.